The number of amides is 1. The number of aliphatic hydroxyl groups excluding tert-OH is 1. The highest BCUT2D eigenvalue weighted by molar-refractivity contribution is 7.90. The molecule has 0 radical (unpaired) electrons. The molecule has 0 spiro atoms. The lowest BCUT2D eigenvalue weighted by atomic mass is 9.96. The second kappa shape index (κ2) is 7.84. The molecule has 146 valence electrons. The van der Waals surface area contributed by atoms with Crippen molar-refractivity contribution in [1.29, 1.82) is 0 Å². The number of carbonyl (C=O) groups is 1. The summed E-state index contributed by atoms with van der Waals surface area (Å²) in [5.41, 5.74) is -0.569. The fraction of sp³-hybridized carbons (Fsp3) is 0.611. The highest BCUT2D eigenvalue weighted by Gasteiger charge is 2.33. The quantitative estimate of drug-likeness (QED) is 0.853. The summed E-state index contributed by atoms with van der Waals surface area (Å²) in [7, 11) is -3.25. The zero-order chi connectivity index (χ0) is 19.5. The predicted molar refractivity (Wildman–Crippen MR) is 97.0 cm³/mol. The van der Waals surface area contributed by atoms with Gasteiger partial charge in [0.1, 0.15) is 11.4 Å². The number of sulfone groups is 1. The summed E-state index contributed by atoms with van der Waals surface area (Å²) in [6.07, 6.45) is 0.642. The Morgan fingerprint density at radius 1 is 1.27 bits per heavy atom. The number of rotatable bonds is 4. The van der Waals surface area contributed by atoms with E-state index in [1.54, 1.807) is 17.0 Å². The van der Waals surface area contributed by atoms with Gasteiger partial charge in [0.15, 0.2) is 9.84 Å². The number of likely N-dealkylation sites (tertiary alicyclic amines) is 1. The summed E-state index contributed by atoms with van der Waals surface area (Å²) < 4.78 is 34.0. The maximum Gasteiger partial charge on any atom is 0.410 e. The van der Waals surface area contributed by atoms with Crippen LogP contribution < -0.4 is 4.74 Å². The fourth-order valence-electron chi connectivity index (χ4n) is 2.66. The van der Waals surface area contributed by atoms with Crippen molar-refractivity contribution >= 4 is 15.9 Å². The molecular formula is C18H27NO6S. The molecule has 0 saturated carbocycles. The third kappa shape index (κ3) is 5.88. The Bertz CT molecular complexity index is 723. The van der Waals surface area contributed by atoms with Gasteiger partial charge in [-0.2, -0.15) is 0 Å². The Morgan fingerprint density at radius 3 is 2.42 bits per heavy atom. The third-order valence-corrected chi connectivity index (χ3v) is 5.19. The molecule has 2 atom stereocenters. The molecule has 1 aliphatic rings. The average molecular weight is 385 g/mol. The van der Waals surface area contributed by atoms with Crippen molar-refractivity contribution in [2.24, 2.45) is 5.92 Å². The van der Waals surface area contributed by atoms with E-state index in [-0.39, 0.29) is 17.4 Å². The molecule has 1 amide bonds. The lowest BCUT2D eigenvalue weighted by Crippen LogP contribution is -2.49. The first kappa shape index (κ1) is 20.5. The van der Waals surface area contributed by atoms with Crippen molar-refractivity contribution in [3.63, 3.8) is 0 Å². The minimum atomic E-state index is -3.25. The van der Waals surface area contributed by atoms with Gasteiger partial charge in [0.25, 0.3) is 0 Å². The molecule has 0 bridgehead atoms. The summed E-state index contributed by atoms with van der Waals surface area (Å²) in [5, 5.41) is 10.2. The Labute approximate surface area is 154 Å². The first-order valence-electron chi connectivity index (χ1n) is 8.54. The highest BCUT2D eigenvalue weighted by Crippen LogP contribution is 2.22. The van der Waals surface area contributed by atoms with Gasteiger partial charge in [-0.25, -0.2) is 13.2 Å². The molecule has 2 rings (SSSR count). The Balaban J connectivity index is 1.94. The molecule has 1 heterocycles. The van der Waals surface area contributed by atoms with E-state index in [1.807, 2.05) is 20.8 Å². The van der Waals surface area contributed by atoms with E-state index >= 15 is 0 Å². The molecule has 0 aliphatic carbocycles. The van der Waals surface area contributed by atoms with Gasteiger partial charge in [-0.1, -0.05) is 0 Å². The summed E-state index contributed by atoms with van der Waals surface area (Å²) in [6.45, 7) is 6.44. The van der Waals surface area contributed by atoms with Crippen LogP contribution in [0.2, 0.25) is 0 Å². The molecule has 1 aromatic carbocycles. The van der Waals surface area contributed by atoms with Crippen molar-refractivity contribution < 1.29 is 27.8 Å². The van der Waals surface area contributed by atoms with Gasteiger partial charge >= 0.3 is 6.09 Å². The summed E-state index contributed by atoms with van der Waals surface area (Å²) in [6, 6.07) is 6.12. The number of carbonyl (C=O) groups excluding carboxylic acids is 1. The lowest BCUT2D eigenvalue weighted by molar-refractivity contribution is -0.0177. The summed E-state index contributed by atoms with van der Waals surface area (Å²) in [5.74, 6) is 0.268. The van der Waals surface area contributed by atoms with Crippen molar-refractivity contribution in [3.8, 4) is 5.75 Å². The minimum Gasteiger partial charge on any atom is -0.493 e. The number of aliphatic hydroxyl groups is 1. The van der Waals surface area contributed by atoms with Crippen LogP contribution in [0.25, 0.3) is 0 Å². The molecule has 8 heteroatoms. The van der Waals surface area contributed by atoms with E-state index in [1.165, 1.54) is 12.1 Å². The number of hydrogen-bond donors (Lipinski definition) is 1. The van der Waals surface area contributed by atoms with Crippen molar-refractivity contribution in [2.45, 2.75) is 43.8 Å². The monoisotopic (exact) mass is 385 g/mol. The molecule has 1 aromatic rings. The maximum absolute atomic E-state index is 12.2. The summed E-state index contributed by atoms with van der Waals surface area (Å²) in [4.78, 5) is 14.0. The van der Waals surface area contributed by atoms with Crippen LogP contribution in [0.1, 0.15) is 27.2 Å². The first-order valence-corrected chi connectivity index (χ1v) is 10.4. The highest BCUT2D eigenvalue weighted by atomic mass is 32.2. The van der Waals surface area contributed by atoms with Crippen LogP contribution in [0.3, 0.4) is 0 Å². The van der Waals surface area contributed by atoms with Gasteiger partial charge in [-0.3, -0.25) is 0 Å². The topological polar surface area (TPSA) is 93.1 Å². The molecule has 0 aromatic heterocycles. The molecule has 1 N–H and O–H groups in total. The zero-order valence-corrected chi connectivity index (χ0v) is 16.5. The second-order valence-corrected chi connectivity index (χ2v) is 9.61. The molecule has 1 aliphatic heterocycles. The van der Waals surface area contributed by atoms with Crippen molar-refractivity contribution in [2.75, 3.05) is 26.0 Å². The van der Waals surface area contributed by atoms with E-state index in [0.29, 0.717) is 25.3 Å². The van der Waals surface area contributed by atoms with Crippen LogP contribution in [0.4, 0.5) is 4.79 Å². The number of benzene rings is 1. The van der Waals surface area contributed by atoms with Gasteiger partial charge in [-0.05, 0) is 51.5 Å². The Morgan fingerprint density at radius 2 is 1.88 bits per heavy atom. The van der Waals surface area contributed by atoms with E-state index in [4.69, 9.17) is 9.47 Å². The number of nitrogens with zero attached hydrogens (tertiary/aromatic N) is 1. The van der Waals surface area contributed by atoms with Crippen LogP contribution in [0.15, 0.2) is 29.2 Å². The normalized spacial score (nSPS) is 21.3. The van der Waals surface area contributed by atoms with Crippen LogP contribution >= 0.6 is 0 Å². The SMILES string of the molecule is CC(C)(C)OC(=O)N1CCC(O)C(COc2ccc(S(C)(=O)=O)cc2)C1. The number of ether oxygens (including phenoxy) is 2. The van der Waals surface area contributed by atoms with Crippen LogP contribution in [0.5, 0.6) is 5.75 Å². The standard InChI is InChI=1S/C18H27NO6S/c1-18(2,3)25-17(21)19-10-9-16(20)13(11-19)12-24-14-5-7-15(8-6-14)26(4,22)23/h5-8,13,16,20H,9-12H2,1-4H3. The smallest absolute Gasteiger partial charge is 0.410 e. The van der Waals surface area contributed by atoms with Crippen molar-refractivity contribution in [3.05, 3.63) is 24.3 Å². The van der Waals surface area contributed by atoms with E-state index < -0.39 is 27.6 Å². The Hall–Kier alpha value is -1.80. The van der Waals surface area contributed by atoms with E-state index in [2.05, 4.69) is 0 Å². The fourth-order valence-corrected chi connectivity index (χ4v) is 3.29. The van der Waals surface area contributed by atoms with Gasteiger partial charge in [0.2, 0.25) is 0 Å². The molecule has 1 fully saturated rings. The van der Waals surface area contributed by atoms with Crippen LogP contribution in [-0.2, 0) is 14.6 Å². The second-order valence-electron chi connectivity index (χ2n) is 7.60. The molecule has 1 saturated heterocycles. The maximum atomic E-state index is 12.2. The number of piperidine rings is 1. The van der Waals surface area contributed by atoms with Gasteiger partial charge in [0, 0.05) is 25.3 Å². The van der Waals surface area contributed by atoms with Crippen LogP contribution in [-0.4, -0.2) is 62.2 Å². The zero-order valence-electron chi connectivity index (χ0n) is 15.6. The number of hydrogen-bond acceptors (Lipinski definition) is 6. The summed E-state index contributed by atoms with van der Waals surface area (Å²) >= 11 is 0. The first-order chi connectivity index (χ1) is 12.0. The third-order valence-electron chi connectivity index (χ3n) is 4.06. The van der Waals surface area contributed by atoms with Crippen molar-refractivity contribution in [1.82, 2.24) is 4.90 Å². The van der Waals surface area contributed by atoms with Gasteiger partial charge < -0.3 is 19.5 Å². The van der Waals surface area contributed by atoms with Gasteiger partial charge in [0.05, 0.1) is 17.6 Å². The average Bonchev–Trinajstić information content (AvgIpc) is 2.52. The molecule has 2 unspecified atom stereocenters. The minimum absolute atomic E-state index is 0.221. The van der Waals surface area contributed by atoms with Crippen LogP contribution in [0, 0.1) is 5.92 Å². The Kier molecular flexibility index (Phi) is 6.18. The van der Waals surface area contributed by atoms with Gasteiger partial charge in [-0.15, -0.1) is 0 Å². The molecule has 7 nitrogen and oxygen atoms in total. The predicted octanol–water partition coefficient (Wildman–Crippen LogP) is 2.09. The van der Waals surface area contributed by atoms with E-state index in [0.717, 1.165) is 6.26 Å². The molecule has 26 heavy (non-hydrogen) atoms. The molecular weight excluding hydrogens is 358 g/mol. The largest absolute Gasteiger partial charge is 0.493 e. The lowest BCUT2D eigenvalue weighted by Gasteiger charge is -2.36. The van der Waals surface area contributed by atoms with E-state index in [9.17, 15) is 18.3 Å².